The second-order valence-electron chi connectivity index (χ2n) is 2.55. The van der Waals surface area contributed by atoms with E-state index in [-0.39, 0.29) is 12.6 Å². The van der Waals surface area contributed by atoms with Crippen molar-refractivity contribution in [2.45, 2.75) is 25.4 Å². The Morgan fingerprint density at radius 2 is 1.46 bits per heavy atom. The van der Waals surface area contributed by atoms with Gasteiger partial charge < -0.3 is 18.9 Å². The van der Waals surface area contributed by atoms with E-state index in [1.165, 1.54) is 0 Å². The summed E-state index contributed by atoms with van der Waals surface area (Å²) in [4.78, 5) is 0. The molecule has 79 valence electrons. The second kappa shape index (κ2) is 8.44. The summed E-state index contributed by atoms with van der Waals surface area (Å²) >= 11 is 0. The summed E-state index contributed by atoms with van der Waals surface area (Å²) < 4.78 is 20.0. The maximum atomic E-state index is 5.02. The Labute approximate surface area is 80.1 Å². The minimum atomic E-state index is -0.241. The van der Waals surface area contributed by atoms with Crippen molar-refractivity contribution in [3.63, 3.8) is 0 Å². The number of hydrogen-bond acceptors (Lipinski definition) is 4. The SMILES string of the molecule is COC([CH]CCC(OC)OC)OC. The maximum absolute atomic E-state index is 5.02. The lowest BCUT2D eigenvalue weighted by Gasteiger charge is -2.15. The van der Waals surface area contributed by atoms with Crippen molar-refractivity contribution in [3.05, 3.63) is 6.42 Å². The lowest BCUT2D eigenvalue weighted by atomic mass is 10.2. The van der Waals surface area contributed by atoms with E-state index < -0.39 is 0 Å². The topological polar surface area (TPSA) is 36.9 Å². The van der Waals surface area contributed by atoms with Crippen molar-refractivity contribution in [3.8, 4) is 0 Å². The number of methoxy groups -OCH3 is 4. The van der Waals surface area contributed by atoms with E-state index in [0.29, 0.717) is 0 Å². The van der Waals surface area contributed by atoms with E-state index in [1.54, 1.807) is 28.4 Å². The molecule has 0 fully saturated rings. The summed E-state index contributed by atoms with van der Waals surface area (Å²) in [5.41, 5.74) is 0. The number of rotatable bonds is 8. The highest BCUT2D eigenvalue weighted by Gasteiger charge is 2.08. The van der Waals surface area contributed by atoms with Gasteiger partial charge in [0, 0.05) is 34.9 Å². The molecule has 13 heavy (non-hydrogen) atoms. The van der Waals surface area contributed by atoms with Crippen LogP contribution < -0.4 is 0 Å². The average Bonchev–Trinajstić information content (AvgIpc) is 2.19. The zero-order chi connectivity index (χ0) is 10.1. The Bertz CT molecular complexity index is 87.8. The molecule has 0 saturated carbocycles. The molecule has 0 atom stereocenters. The lowest BCUT2D eigenvalue weighted by molar-refractivity contribution is -0.111. The van der Waals surface area contributed by atoms with Crippen LogP contribution in [0.1, 0.15) is 12.8 Å². The van der Waals surface area contributed by atoms with Crippen molar-refractivity contribution in [2.24, 2.45) is 0 Å². The Morgan fingerprint density at radius 1 is 0.923 bits per heavy atom. The predicted molar refractivity (Wildman–Crippen MR) is 49.1 cm³/mol. The Balaban J connectivity index is 3.41. The molecule has 0 aliphatic heterocycles. The highest BCUT2D eigenvalue weighted by Crippen LogP contribution is 2.08. The molecule has 1 radical (unpaired) electrons. The van der Waals surface area contributed by atoms with E-state index in [9.17, 15) is 0 Å². The Kier molecular flexibility index (Phi) is 8.33. The van der Waals surface area contributed by atoms with E-state index in [1.807, 2.05) is 6.42 Å². The molecule has 0 heterocycles. The average molecular weight is 191 g/mol. The maximum Gasteiger partial charge on any atom is 0.160 e. The van der Waals surface area contributed by atoms with Gasteiger partial charge in [0.25, 0.3) is 0 Å². The molecule has 0 rings (SSSR count). The predicted octanol–water partition coefficient (Wildman–Crippen LogP) is 1.21. The van der Waals surface area contributed by atoms with Crippen LogP contribution in [-0.4, -0.2) is 41.0 Å². The van der Waals surface area contributed by atoms with E-state index in [4.69, 9.17) is 18.9 Å². The fourth-order valence-electron chi connectivity index (χ4n) is 0.989. The van der Waals surface area contributed by atoms with Gasteiger partial charge in [-0.2, -0.15) is 0 Å². The first-order valence-corrected chi connectivity index (χ1v) is 4.23. The first-order valence-electron chi connectivity index (χ1n) is 4.23. The molecular weight excluding hydrogens is 172 g/mol. The van der Waals surface area contributed by atoms with Gasteiger partial charge in [-0.15, -0.1) is 0 Å². The molecule has 0 spiro atoms. The van der Waals surface area contributed by atoms with Gasteiger partial charge in [-0.1, -0.05) is 0 Å². The molecule has 0 aliphatic carbocycles. The second-order valence-corrected chi connectivity index (χ2v) is 2.55. The quantitative estimate of drug-likeness (QED) is 0.540. The highest BCUT2D eigenvalue weighted by atomic mass is 16.7. The molecule has 0 aromatic carbocycles. The zero-order valence-corrected chi connectivity index (χ0v) is 8.78. The molecule has 0 aromatic rings. The molecule has 4 nitrogen and oxygen atoms in total. The van der Waals surface area contributed by atoms with E-state index >= 15 is 0 Å². The molecule has 0 aromatic heterocycles. The number of ether oxygens (including phenoxy) is 4. The highest BCUT2D eigenvalue weighted by molar-refractivity contribution is 4.69. The minimum Gasteiger partial charge on any atom is -0.356 e. The third-order valence-electron chi connectivity index (χ3n) is 1.75. The molecule has 0 amide bonds. The van der Waals surface area contributed by atoms with Crippen molar-refractivity contribution >= 4 is 0 Å². The van der Waals surface area contributed by atoms with Crippen LogP contribution in [0.15, 0.2) is 0 Å². The van der Waals surface area contributed by atoms with Crippen LogP contribution in [0.3, 0.4) is 0 Å². The smallest absolute Gasteiger partial charge is 0.160 e. The van der Waals surface area contributed by atoms with Gasteiger partial charge in [0.05, 0.1) is 0 Å². The fraction of sp³-hybridized carbons (Fsp3) is 0.889. The third kappa shape index (κ3) is 5.99. The first-order chi connectivity index (χ1) is 6.28. The van der Waals surface area contributed by atoms with Crippen LogP contribution in [-0.2, 0) is 18.9 Å². The summed E-state index contributed by atoms with van der Waals surface area (Å²) in [7, 11) is 6.46. The van der Waals surface area contributed by atoms with Crippen LogP contribution >= 0.6 is 0 Å². The molecule has 0 aliphatic rings. The van der Waals surface area contributed by atoms with Crippen molar-refractivity contribution in [2.75, 3.05) is 28.4 Å². The normalized spacial score (nSPS) is 11.5. The molecule has 0 unspecified atom stereocenters. The molecular formula is C9H19O4. The monoisotopic (exact) mass is 191 g/mol. The largest absolute Gasteiger partial charge is 0.356 e. The summed E-state index contributed by atoms with van der Waals surface area (Å²) in [5.74, 6) is 0. The summed E-state index contributed by atoms with van der Waals surface area (Å²) in [6, 6.07) is 0. The summed E-state index contributed by atoms with van der Waals surface area (Å²) in [6.45, 7) is 0. The van der Waals surface area contributed by atoms with Gasteiger partial charge in [-0.25, -0.2) is 0 Å². The van der Waals surface area contributed by atoms with Crippen LogP contribution in [0.2, 0.25) is 0 Å². The van der Waals surface area contributed by atoms with Crippen molar-refractivity contribution < 1.29 is 18.9 Å². The first kappa shape index (κ1) is 12.8. The third-order valence-corrected chi connectivity index (χ3v) is 1.75. The molecule has 0 bridgehead atoms. The zero-order valence-electron chi connectivity index (χ0n) is 8.78. The van der Waals surface area contributed by atoms with Crippen LogP contribution in [0.5, 0.6) is 0 Å². The van der Waals surface area contributed by atoms with Crippen molar-refractivity contribution in [1.29, 1.82) is 0 Å². The molecule has 0 N–H and O–H groups in total. The van der Waals surface area contributed by atoms with Gasteiger partial charge in [0.1, 0.15) is 0 Å². The van der Waals surface area contributed by atoms with Crippen LogP contribution in [0.4, 0.5) is 0 Å². The van der Waals surface area contributed by atoms with Gasteiger partial charge in [0.2, 0.25) is 0 Å². The summed E-state index contributed by atoms with van der Waals surface area (Å²) in [6.07, 6.45) is 3.18. The van der Waals surface area contributed by atoms with Crippen molar-refractivity contribution in [1.82, 2.24) is 0 Å². The Hall–Kier alpha value is -0.160. The van der Waals surface area contributed by atoms with Gasteiger partial charge in [-0.3, -0.25) is 0 Å². The van der Waals surface area contributed by atoms with Crippen LogP contribution in [0.25, 0.3) is 0 Å². The molecule has 4 heteroatoms. The van der Waals surface area contributed by atoms with Gasteiger partial charge in [-0.05, 0) is 12.8 Å². The summed E-state index contributed by atoms with van der Waals surface area (Å²) in [5, 5.41) is 0. The lowest BCUT2D eigenvalue weighted by Crippen LogP contribution is -2.17. The van der Waals surface area contributed by atoms with Crippen LogP contribution in [0, 0.1) is 6.42 Å². The molecule has 0 saturated heterocycles. The Morgan fingerprint density at radius 3 is 1.85 bits per heavy atom. The fourth-order valence-corrected chi connectivity index (χ4v) is 0.989. The number of hydrogen-bond donors (Lipinski definition) is 0. The van der Waals surface area contributed by atoms with Gasteiger partial charge >= 0.3 is 0 Å². The van der Waals surface area contributed by atoms with E-state index in [2.05, 4.69) is 0 Å². The van der Waals surface area contributed by atoms with Gasteiger partial charge in [0.15, 0.2) is 12.6 Å². The standard InChI is InChI=1S/C9H19O4/c1-10-8(11-2)6-5-7-9(12-3)13-4/h6,8-9H,5,7H2,1-4H3. The van der Waals surface area contributed by atoms with E-state index in [0.717, 1.165) is 12.8 Å². The minimum absolute atomic E-state index is 0.148.